The van der Waals surface area contributed by atoms with E-state index in [2.05, 4.69) is 25.6 Å². The molecule has 22 heavy (non-hydrogen) atoms. The Balaban J connectivity index is 1.59. The van der Waals surface area contributed by atoms with Crippen LogP contribution in [0.5, 0.6) is 0 Å². The van der Waals surface area contributed by atoms with Crippen LogP contribution in [-0.4, -0.2) is 26.9 Å². The van der Waals surface area contributed by atoms with E-state index in [1.807, 2.05) is 18.2 Å². The van der Waals surface area contributed by atoms with Crippen LogP contribution in [0.2, 0.25) is 0 Å². The third kappa shape index (κ3) is 3.78. The molecular weight excluding hydrogens is 278 g/mol. The minimum absolute atomic E-state index is 0.220. The SMILES string of the molecule is O=C(NCc1ccccn1)c1cc(NC2CCCC2)ncn1. The van der Waals surface area contributed by atoms with Gasteiger partial charge in [-0.25, -0.2) is 9.97 Å². The van der Waals surface area contributed by atoms with E-state index in [1.165, 1.54) is 19.2 Å². The van der Waals surface area contributed by atoms with E-state index in [0.29, 0.717) is 24.1 Å². The van der Waals surface area contributed by atoms with Gasteiger partial charge in [0.1, 0.15) is 17.8 Å². The maximum Gasteiger partial charge on any atom is 0.270 e. The van der Waals surface area contributed by atoms with Crippen molar-refractivity contribution < 1.29 is 4.79 Å². The molecule has 3 rings (SSSR count). The minimum atomic E-state index is -0.220. The van der Waals surface area contributed by atoms with Crippen LogP contribution in [0.1, 0.15) is 41.9 Å². The third-order valence-electron chi connectivity index (χ3n) is 3.76. The van der Waals surface area contributed by atoms with Gasteiger partial charge in [0.2, 0.25) is 0 Å². The maximum atomic E-state index is 12.2. The zero-order valence-electron chi connectivity index (χ0n) is 12.3. The number of nitrogens with zero attached hydrogens (tertiary/aromatic N) is 3. The van der Waals surface area contributed by atoms with Crippen LogP contribution in [0.25, 0.3) is 0 Å². The Bertz CT molecular complexity index is 625. The number of amides is 1. The number of hydrogen-bond donors (Lipinski definition) is 2. The Morgan fingerprint density at radius 2 is 2.05 bits per heavy atom. The van der Waals surface area contributed by atoms with Gasteiger partial charge in [-0.1, -0.05) is 18.9 Å². The Labute approximate surface area is 129 Å². The standard InChI is InChI=1S/C16H19N5O/c22-16(18-10-13-7-3-4-8-17-13)14-9-15(20-11-19-14)21-12-5-1-2-6-12/h3-4,7-9,11-12H,1-2,5-6,10H2,(H,18,22)(H,19,20,21). The van der Waals surface area contributed by atoms with Gasteiger partial charge in [-0.15, -0.1) is 0 Å². The highest BCUT2D eigenvalue weighted by molar-refractivity contribution is 5.92. The molecule has 6 nitrogen and oxygen atoms in total. The van der Waals surface area contributed by atoms with E-state index in [1.54, 1.807) is 12.3 Å². The molecule has 6 heteroatoms. The Hall–Kier alpha value is -2.50. The molecule has 0 saturated heterocycles. The van der Waals surface area contributed by atoms with Crippen LogP contribution >= 0.6 is 0 Å². The van der Waals surface area contributed by atoms with E-state index >= 15 is 0 Å². The molecule has 1 saturated carbocycles. The van der Waals surface area contributed by atoms with Crippen LogP contribution in [0.3, 0.4) is 0 Å². The highest BCUT2D eigenvalue weighted by Gasteiger charge is 2.16. The van der Waals surface area contributed by atoms with Gasteiger partial charge in [0.25, 0.3) is 5.91 Å². The molecule has 0 radical (unpaired) electrons. The summed E-state index contributed by atoms with van der Waals surface area (Å²) in [5.41, 5.74) is 1.18. The molecule has 1 aliphatic carbocycles. The monoisotopic (exact) mass is 297 g/mol. The summed E-state index contributed by atoms with van der Waals surface area (Å²) in [7, 11) is 0. The second-order valence-corrected chi connectivity index (χ2v) is 5.42. The zero-order valence-corrected chi connectivity index (χ0v) is 12.3. The minimum Gasteiger partial charge on any atom is -0.367 e. The van der Waals surface area contributed by atoms with Crippen molar-refractivity contribution in [2.45, 2.75) is 38.3 Å². The van der Waals surface area contributed by atoms with Crippen LogP contribution in [0.15, 0.2) is 36.8 Å². The number of carbonyl (C=O) groups excluding carboxylic acids is 1. The first kappa shape index (κ1) is 14.4. The molecule has 2 heterocycles. The van der Waals surface area contributed by atoms with Crippen molar-refractivity contribution in [2.24, 2.45) is 0 Å². The highest BCUT2D eigenvalue weighted by Crippen LogP contribution is 2.21. The van der Waals surface area contributed by atoms with Crippen molar-refractivity contribution in [1.82, 2.24) is 20.3 Å². The topological polar surface area (TPSA) is 79.8 Å². The molecule has 114 valence electrons. The van der Waals surface area contributed by atoms with E-state index in [-0.39, 0.29) is 5.91 Å². The van der Waals surface area contributed by atoms with E-state index in [4.69, 9.17) is 0 Å². The average Bonchev–Trinajstić information content (AvgIpc) is 3.07. The second kappa shape index (κ2) is 6.98. The van der Waals surface area contributed by atoms with Gasteiger partial charge in [-0.2, -0.15) is 0 Å². The summed E-state index contributed by atoms with van der Waals surface area (Å²) in [4.78, 5) is 24.6. The van der Waals surface area contributed by atoms with Crippen LogP contribution < -0.4 is 10.6 Å². The smallest absolute Gasteiger partial charge is 0.270 e. The summed E-state index contributed by atoms with van der Waals surface area (Å²) >= 11 is 0. The van der Waals surface area contributed by atoms with Gasteiger partial charge in [-0.05, 0) is 25.0 Å². The first-order valence-electron chi connectivity index (χ1n) is 7.58. The predicted octanol–water partition coefficient (Wildman–Crippen LogP) is 2.16. The van der Waals surface area contributed by atoms with Crippen molar-refractivity contribution in [1.29, 1.82) is 0 Å². The van der Waals surface area contributed by atoms with Gasteiger partial charge < -0.3 is 10.6 Å². The van der Waals surface area contributed by atoms with Crippen molar-refractivity contribution in [2.75, 3.05) is 5.32 Å². The highest BCUT2D eigenvalue weighted by atomic mass is 16.1. The summed E-state index contributed by atoms with van der Waals surface area (Å²) < 4.78 is 0. The first-order chi connectivity index (χ1) is 10.8. The number of rotatable bonds is 5. The lowest BCUT2D eigenvalue weighted by atomic mass is 10.2. The first-order valence-corrected chi connectivity index (χ1v) is 7.58. The van der Waals surface area contributed by atoms with E-state index in [0.717, 1.165) is 18.5 Å². The Kier molecular flexibility index (Phi) is 4.58. The number of aromatic nitrogens is 3. The zero-order chi connectivity index (χ0) is 15.2. The molecule has 0 bridgehead atoms. The predicted molar refractivity (Wildman–Crippen MR) is 83.3 cm³/mol. The van der Waals surface area contributed by atoms with E-state index in [9.17, 15) is 4.79 Å². The van der Waals surface area contributed by atoms with Crippen LogP contribution in [0, 0.1) is 0 Å². The van der Waals surface area contributed by atoms with Gasteiger partial charge in [0.05, 0.1) is 12.2 Å². The maximum absolute atomic E-state index is 12.2. The molecule has 1 amide bonds. The van der Waals surface area contributed by atoms with E-state index < -0.39 is 0 Å². The normalized spacial score (nSPS) is 14.7. The van der Waals surface area contributed by atoms with Crippen LogP contribution in [-0.2, 0) is 6.54 Å². The lowest BCUT2D eigenvalue weighted by Gasteiger charge is -2.12. The molecular formula is C16H19N5O. The molecule has 1 fully saturated rings. The molecule has 0 spiro atoms. The summed E-state index contributed by atoms with van der Waals surface area (Å²) in [6.07, 6.45) is 7.94. The third-order valence-corrected chi connectivity index (χ3v) is 3.76. The van der Waals surface area contributed by atoms with Crippen molar-refractivity contribution in [3.8, 4) is 0 Å². The fraction of sp³-hybridized carbons (Fsp3) is 0.375. The van der Waals surface area contributed by atoms with Crippen molar-refractivity contribution >= 4 is 11.7 Å². The quantitative estimate of drug-likeness (QED) is 0.884. The van der Waals surface area contributed by atoms with Gasteiger partial charge in [0, 0.05) is 18.3 Å². The molecule has 0 unspecified atom stereocenters. The fourth-order valence-electron chi connectivity index (χ4n) is 2.60. The average molecular weight is 297 g/mol. The fourth-order valence-corrected chi connectivity index (χ4v) is 2.60. The van der Waals surface area contributed by atoms with Crippen LogP contribution in [0.4, 0.5) is 5.82 Å². The number of anilines is 1. The number of hydrogen-bond acceptors (Lipinski definition) is 5. The summed E-state index contributed by atoms with van der Waals surface area (Å²) in [6, 6.07) is 7.76. The van der Waals surface area contributed by atoms with Crippen molar-refractivity contribution in [3.05, 3.63) is 48.2 Å². The number of pyridine rings is 1. The Morgan fingerprint density at radius 3 is 2.82 bits per heavy atom. The molecule has 0 aliphatic heterocycles. The Morgan fingerprint density at radius 1 is 1.18 bits per heavy atom. The lowest BCUT2D eigenvalue weighted by Crippen LogP contribution is -2.25. The van der Waals surface area contributed by atoms with Gasteiger partial charge in [-0.3, -0.25) is 9.78 Å². The molecule has 2 N–H and O–H groups in total. The number of carbonyl (C=O) groups is 1. The largest absolute Gasteiger partial charge is 0.367 e. The molecule has 2 aromatic heterocycles. The molecule has 0 aromatic carbocycles. The molecule has 1 aliphatic rings. The number of nitrogens with one attached hydrogen (secondary N) is 2. The van der Waals surface area contributed by atoms with Gasteiger partial charge in [0.15, 0.2) is 0 Å². The summed E-state index contributed by atoms with van der Waals surface area (Å²) in [5, 5.41) is 6.18. The lowest BCUT2D eigenvalue weighted by molar-refractivity contribution is 0.0945. The summed E-state index contributed by atoms with van der Waals surface area (Å²) in [6.45, 7) is 0.384. The second-order valence-electron chi connectivity index (χ2n) is 5.42. The van der Waals surface area contributed by atoms with Crippen molar-refractivity contribution in [3.63, 3.8) is 0 Å². The molecule has 0 atom stereocenters. The molecule has 2 aromatic rings. The van der Waals surface area contributed by atoms with Gasteiger partial charge >= 0.3 is 0 Å². The summed E-state index contributed by atoms with van der Waals surface area (Å²) in [5.74, 6) is 0.493.